The zero-order valence-electron chi connectivity index (χ0n) is 11.9. The van der Waals surface area contributed by atoms with Crippen LogP contribution in [0.1, 0.15) is 15.9 Å². The van der Waals surface area contributed by atoms with Gasteiger partial charge in [0.05, 0.1) is 15.5 Å². The Labute approximate surface area is 133 Å². The summed E-state index contributed by atoms with van der Waals surface area (Å²) < 4.78 is 0. The second-order valence-corrected chi connectivity index (χ2v) is 5.33. The Morgan fingerprint density at radius 3 is 2.12 bits per heavy atom. The Kier molecular flexibility index (Phi) is 2.71. The quantitative estimate of drug-likeness (QED) is 0.413. The van der Waals surface area contributed by atoms with Crippen LogP contribution in [0.15, 0.2) is 42.6 Å². The number of nitro groups is 2. The monoisotopic (exact) mass is 321 g/mol. The molecule has 1 heterocycles. The molecule has 116 valence electrons. The third kappa shape index (κ3) is 1.80. The van der Waals surface area contributed by atoms with Gasteiger partial charge in [-0.3, -0.25) is 30.0 Å². The number of ketones is 1. The minimum absolute atomic E-state index is 0.157. The molecule has 24 heavy (non-hydrogen) atoms. The van der Waals surface area contributed by atoms with E-state index in [1.54, 1.807) is 12.1 Å². The minimum atomic E-state index is -0.625. The number of rotatable bonds is 2. The molecule has 3 aromatic rings. The van der Waals surface area contributed by atoms with Crippen molar-refractivity contribution >= 4 is 27.9 Å². The maximum absolute atomic E-state index is 12.7. The van der Waals surface area contributed by atoms with E-state index in [9.17, 15) is 25.0 Å². The standard InChI is InChI=1S/C16H7N3O5/c20-16-11-2-1-3-17-15(11)12-6-9(18(21)22)4-8-5-10(19(23)24)7-13(16)14(8)12/h1-7H. The second-order valence-electron chi connectivity index (χ2n) is 5.33. The fraction of sp³-hybridized carbons (Fsp3) is 0. The lowest BCUT2D eigenvalue weighted by atomic mass is 9.85. The van der Waals surface area contributed by atoms with E-state index < -0.39 is 9.85 Å². The molecule has 0 N–H and O–H groups in total. The Hall–Kier alpha value is -3.68. The van der Waals surface area contributed by atoms with Gasteiger partial charge >= 0.3 is 0 Å². The van der Waals surface area contributed by atoms with Crippen LogP contribution in [0.5, 0.6) is 0 Å². The summed E-state index contributed by atoms with van der Waals surface area (Å²) in [7, 11) is 0. The summed E-state index contributed by atoms with van der Waals surface area (Å²) in [5.41, 5.74) is 0.702. The van der Waals surface area contributed by atoms with Gasteiger partial charge in [-0.25, -0.2) is 0 Å². The lowest BCUT2D eigenvalue weighted by Crippen LogP contribution is -2.12. The molecule has 0 aliphatic heterocycles. The molecule has 0 saturated carbocycles. The number of carbonyl (C=O) groups excluding carboxylic acids is 1. The Bertz CT molecular complexity index is 1090. The summed E-state index contributed by atoms with van der Waals surface area (Å²) in [6.45, 7) is 0. The molecule has 0 atom stereocenters. The van der Waals surface area contributed by atoms with E-state index in [1.165, 1.54) is 30.5 Å². The number of nitrogens with zero attached hydrogens (tertiary/aromatic N) is 3. The number of non-ortho nitro benzene ring substituents is 2. The first-order valence-electron chi connectivity index (χ1n) is 6.88. The van der Waals surface area contributed by atoms with Gasteiger partial charge in [0, 0.05) is 52.5 Å². The van der Waals surface area contributed by atoms with Gasteiger partial charge in [0.1, 0.15) is 0 Å². The van der Waals surface area contributed by atoms with Gasteiger partial charge in [0.2, 0.25) is 0 Å². The average molecular weight is 321 g/mol. The molecule has 0 amide bonds. The fourth-order valence-electron chi connectivity index (χ4n) is 3.01. The highest BCUT2D eigenvalue weighted by molar-refractivity contribution is 6.26. The van der Waals surface area contributed by atoms with Crippen LogP contribution >= 0.6 is 0 Å². The van der Waals surface area contributed by atoms with Crippen LogP contribution in [0, 0.1) is 20.2 Å². The third-order valence-electron chi connectivity index (χ3n) is 3.99. The average Bonchev–Trinajstić information content (AvgIpc) is 2.58. The summed E-state index contributed by atoms with van der Waals surface area (Å²) in [6.07, 6.45) is 1.49. The number of pyridine rings is 1. The molecule has 0 fully saturated rings. The molecule has 0 bridgehead atoms. The van der Waals surface area contributed by atoms with Gasteiger partial charge in [-0.2, -0.15) is 0 Å². The van der Waals surface area contributed by atoms with Crippen LogP contribution in [-0.2, 0) is 0 Å². The van der Waals surface area contributed by atoms with Crippen LogP contribution in [0.3, 0.4) is 0 Å². The highest BCUT2D eigenvalue weighted by Crippen LogP contribution is 2.42. The maximum atomic E-state index is 12.7. The fourth-order valence-corrected chi connectivity index (χ4v) is 3.01. The summed E-state index contributed by atoms with van der Waals surface area (Å²) in [5.74, 6) is -0.381. The molecule has 2 aromatic carbocycles. The predicted octanol–water partition coefficient (Wildman–Crippen LogP) is 3.26. The number of hydrogen-bond donors (Lipinski definition) is 0. The van der Waals surface area contributed by atoms with E-state index in [0.29, 0.717) is 16.6 Å². The zero-order chi connectivity index (χ0) is 17.0. The van der Waals surface area contributed by atoms with Gasteiger partial charge in [-0.1, -0.05) is 0 Å². The molecular formula is C16H7N3O5. The van der Waals surface area contributed by atoms with Crippen molar-refractivity contribution < 1.29 is 14.6 Å². The highest BCUT2D eigenvalue weighted by Gasteiger charge is 2.30. The maximum Gasteiger partial charge on any atom is 0.270 e. The topological polar surface area (TPSA) is 116 Å². The molecule has 8 nitrogen and oxygen atoms in total. The molecule has 0 unspecified atom stereocenters. The van der Waals surface area contributed by atoms with Crippen molar-refractivity contribution in [2.75, 3.05) is 0 Å². The first kappa shape index (κ1) is 13.9. The van der Waals surface area contributed by atoms with Gasteiger partial charge < -0.3 is 0 Å². The summed E-state index contributed by atoms with van der Waals surface area (Å²) in [6, 6.07) is 8.14. The van der Waals surface area contributed by atoms with Gasteiger partial charge in [-0.15, -0.1) is 0 Å². The number of fused-ring (bicyclic) bond motifs is 2. The number of aromatic nitrogens is 1. The zero-order valence-corrected chi connectivity index (χ0v) is 11.9. The lowest BCUT2D eigenvalue weighted by molar-refractivity contribution is -0.385. The smallest absolute Gasteiger partial charge is 0.270 e. The highest BCUT2D eigenvalue weighted by atomic mass is 16.6. The SMILES string of the molecule is O=C1c2cccnc2-c2cc([N+](=O)[O-])cc3cc([N+](=O)[O-])cc1c23. The minimum Gasteiger partial charge on any atom is -0.288 e. The van der Waals surface area contributed by atoms with Crippen LogP contribution < -0.4 is 0 Å². The summed E-state index contributed by atoms with van der Waals surface area (Å²) >= 11 is 0. The van der Waals surface area contributed by atoms with Crippen LogP contribution in [0.2, 0.25) is 0 Å². The van der Waals surface area contributed by atoms with Crippen LogP contribution in [-0.4, -0.2) is 20.6 Å². The normalized spacial score (nSPS) is 12.1. The number of hydrogen-bond acceptors (Lipinski definition) is 6. The third-order valence-corrected chi connectivity index (χ3v) is 3.99. The summed E-state index contributed by atoms with van der Waals surface area (Å²) in [5, 5.41) is 23.0. The van der Waals surface area contributed by atoms with Crippen molar-refractivity contribution in [2.45, 2.75) is 0 Å². The number of carbonyl (C=O) groups is 1. The molecule has 1 aliphatic rings. The second kappa shape index (κ2) is 4.66. The first-order chi connectivity index (χ1) is 11.5. The first-order valence-corrected chi connectivity index (χ1v) is 6.88. The molecule has 4 rings (SSSR count). The van der Waals surface area contributed by atoms with Crippen molar-refractivity contribution in [3.05, 3.63) is 74.0 Å². The van der Waals surface area contributed by atoms with E-state index in [4.69, 9.17) is 0 Å². The molecular weight excluding hydrogens is 314 g/mol. The molecule has 0 spiro atoms. The van der Waals surface area contributed by atoms with Crippen molar-refractivity contribution in [1.82, 2.24) is 4.98 Å². The van der Waals surface area contributed by atoms with Gasteiger partial charge in [-0.05, 0) is 17.5 Å². The van der Waals surface area contributed by atoms with E-state index in [1.807, 2.05) is 0 Å². The number of benzene rings is 2. The van der Waals surface area contributed by atoms with Crippen molar-refractivity contribution in [1.29, 1.82) is 0 Å². The summed E-state index contributed by atoms with van der Waals surface area (Å²) in [4.78, 5) is 38.0. The Morgan fingerprint density at radius 1 is 0.875 bits per heavy atom. The van der Waals surface area contributed by atoms with Gasteiger partial charge in [0.25, 0.3) is 11.4 Å². The van der Waals surface area contributed by atoms with E-state index in [-0.39, 0.29) is 33.7 Å². The van der Waals surface area contributed by atoms with Crippen molar-refractivity contribution in [3.63, 3.8) is 0 Å². The van der Waals surface area contributed by atoms with E-state index in [2.05, 4.69) is 4.98 Å². The van der Waals surface area contributed by atoms with Crippen molar-refractivity contribution in [3.8, 4) is 11.3 Å². The van der Waals surface area contributed by atoms with Crippen LogP contribution in [0.25, 0.3) is 22.0 Å². The number of nitro benzene ring substituents is 2. The molecule has 1 aliphatic carbocycles. The predicted molar refractivity (Wildman–Crippen MR) is 83.9 cm³/mol. The van der Waals surface area contributed by atoms with E-state index >= 15 is 0 Å². The van der Waals surface area contributed by atoms with Crippen LogP contribution in [0.4, 0.5) is 11.4 Å². The Balaban J connectivity index is 2.22. The Morgan fingerprint density at radius 2 is 1.50 bits per heavy atom. The van der Waals surface area contributed by atoms with Crippen molar-refractivity contribution in [2.24, 2.45) is 0 Å². The van der Waals surface area contributed by atoms with Gasteiger partial charge in [0.15, 0.2) is 5.78 Å². The molecule has 0 saturated heterocycles. The largest absolute Gasteiger partial charge is 0.288 e. The molecule has 0 radical (unpaired) electrons. The molecule has 1 aromatic heterocycles. The lowest BCUT2D eigenvalue weighted by Gasteiger charge is -2.18. The molecule has 8 heteroatoms. The van der Waals surface area contributed by atoms with E-state index in [0.717, 1.165) is 0 Å².